The van der Waals surface area contributed by atoms with Gasteiger partial charge in [-0.05, 0) is 18.2 Å². The lowest BCUT2D eigenvalue weighted by atomic mass is 10.3. The van der Waals surface area contributed by atoms with Gasteiger partial charge >= 0.3 is 0 Å². The van der Waals surface area contributed by atoms with Gasteiger partial charge in [0, 0.05) is 6.07 Å². The third kappa shape index (κ3) is 3.04. The van der Waals surface area contributed by atoms with E-state index in [1.807, 2.05) is 0 Å². The summed E-state index contributed by atoms with van der Waals surface area (Å²) in [6.07, 6.45) is 0. The van der Waals surface area contributed by atoms with Crippen molar-refractivity contribution in [2.24, 2.45) is 0 Å². The summed E-state index contributed by atoms with van der Waals surface area (Å²) in [6.45, 7) is 0. The smallest absolute Gasteiger partial charge is 0.296 e. The Morgan fingerprint density at radius 2 is 1.77 bits per heavy atom. The minimum Gasteiger partial charge on any atom is -0.304 e. The number of aromatic amines is 1. The van der Waals surface area contributed by atoms with Crippen LogP contribution in [0.4, 0.5) is 0 Å². The molecule has 0 spiro atoms. The quantitative estimate of drug-likeness (QED) is 0.508. The molecule has 0 aliphatic carbocycles. The van der Waals surface area contributed by atoms with Crippen molar-refractivity contribution in [1.29, 1.82) is 5.26 Å². The average molecular weight is 347 g/mol. The third-order valence-corrected chi connectivity index (χ3v) is 4.39. The van der Waals surface area contributed by atoms with E-state index in [2.05, 4.69) is 5.10 Å². The number of aromatic nitrogens is 2. The summed E-state index contributed by atoms with van der Waals surface area (Å²) in [5.41, 5.74) is -1.50. The van der Waals surface area contributed by atoms with Crippen LogP contribution in [-0.2, 0) is 10.1 Å². The molecule has 0 saturated heterocycles. The van der Waals surface area contributed by atoms with Crippen molar-refractivity contribution >= 4 is 21.0 Å². The molecule has 0 unspecified atom stereocenters. The van der Waals surface area contributed by atoms with Crippen LogP contribution in [-0.4, -0.2) is 36.4 Å². The molecular formula is C10H9N3O7S2. The number of nitriles is 1. The largest absolute Gasteiger partial charge is 0.304 e. The number of hydrogen-bond acceptors (Lipinski definition) is 7. The number of benzene rings is 1. The van der Waals surface area contributed by atoms with Gasteiger partial charge in [-0.15, -0.1) is 0 Å². The molecule has 0 aliphatic heterocycles. The molecule has 1 heterocycles. The molecule has 5 N–H and O–H groups in total. The standard InChI is InChI=1S/C10H9N3O7S2/c11-5-6-3-10(14)13(12-6)8-4-7(21(15,16)17)1-2-9(8)22(18,19)20/h1-4,12,15-17H,(H,18,19,20). The molecule has 0 fully saturated rings. The first kappa shape index (κ1) is 16.2. The third-order valence-electron chi connectivity index (χ3n) is 2.61. The summed E-state index contributed by atoms with van der Waals surface area (Å²) in [5, 5.41) is 11.0. The van der Waals surface area contributed by atoms with Crippen molar-refractivity contribution in [2.75, 3.05) is 0 Å². The zero-order valence-corrected chi connectivity index (χ0v) is 12.2. The highest BCUT2D eigenvalue weighted by atomic mass is 32.3. The van der Waals surface area contributed by atoms with E-state index in [0.717, 1.165) is 24.3 Å². The van der Waals surface area contributed by atoms with E-state index in [0.29, 0.717) is 4.68 Å². The van der Waals surface area contributed by atoms with Crippen LogP contribution in [0.25, 0.3) is 5.69 Å². The summed E-state index contributed by atoms with van der Waals surface area (Å²) >= 11 is 0. The minimum absolute atomic E-state index is 0.188. The Balaban J connectivity index is 2.84. The molecule has 1 aromatic heterocycles. The van der Waals surface area contributed by atoms with E-state index in [1.54, 1.807) is 6.07 Å². The molecule has 2 aromatic rings. The SMILES string of the molecule is N#Cc1cc(=O)n(-c2cc(S(O)(O)O)ccc2S(=O)(=O)O)[nH]1. The molecule has 2 rings (SSSR count). The summed E-state index contributed by atoms with van der Waals surface area (Å²) in [5.74, 6) is 0. The van der Waals surface area contributed by atoms with E-state index < -0.39 is 42.0 Å². The van der Waals surface area contributed by atoms with Gasteiger partial charge in [-0.2, -0.15) is 13.7 Å². The average Bonchev–Trinajstić information content (AvgIpc) is 2.77. The maximum Gasteiger partial charge on any atom is 0.296 e. The predicted molar refractivity (Wildman–Crippen MR) is 74.7 cm³/mol. The molecule has 10 nitrogen and oxygen atoms in total. The van der Waals surface area contributed by atoms with Crippen LogP contribution in [0.5, 0.6) is 0 Å². The van der Waals surface area contributed by atoms with Crippen LogP contribution in [0, 0.1) is 11.3 Å². The van der Waals surface area contributed by atoms with E-state index in [-0.39, 0.29) is 5.69 Å². The zero-order valence-electron chi connectivity index (χ0n) is 10.5. The van der Waals surface area contributed by atoms with Crippen LogP contribution in [0.3, 0.4) is 0 Å². The molecule has 0 bridgehead atoms. The van der Waals surface area contributed by atoms with Gasteiger partial charge < -0.3 is 13.7 Å². The van der Waals surface area contributed by atoms with E-state index in [4.69, 9.17) is 5.26 Å². The van der Waals surface area contributed by atoms with Crippen molar-refractivity contribution in [3.63, 3.8) is 0 Å². The Labute approximate surface area is 125 Å². The second-order valence-corrected chi connectivity index (χ2v) is 6.98. The Morgan fingerprint density at radius 1 is 1.14 bits per heavy atom. The molecule has 0 saturated carbocycles. The fraction of sp³-hybridized carbons (Fsp3) is 0. The first-order chi connectivity index (χ1) is 10.0. The Morgan fingerprint density at radius 3 is 2.23 bits per heavy atom. The fourth-order valence-electron chi connectivity index (χ4n) is 1.69. The molecule has 1 aromatic carbocycles. The second-order valence-electron chi connectivity index (χ2n) is 4.08. The lowest BCUT2D eigenvalue weighted by Crippen LogP contribution is -2.17. The van der Waals surface area contributed by atoms with Gasteiger partial charge in [0.05, 0.1) is 10.6 Å². The van der Waals surface area contributed by atoms with Gasteiger partial charge in [-0.1, -0.05) is 0 Å². The predicted octanol–water partition coefficient (Wildman–Crippen LogP) is 0.866. The number of nitrogens with one attached hydrogen (secondary N) is 1. The lowest BCUT2D eigenvalue weighted by Gasteiger charge is -2.20. The number of H-pyrrole nitrogens is 1. The highest BCUT2D eigenvalue weighted by Gasteiger charge is 2.24. The Kier molecular flexibility index (Phi) is 3.87. The first-order valence-electron chi connectivity index (χ1n) is 5.39. The number of hydrogen-bond donors (Lipinski definition) is 5. The van der Waals surface area contributed by atoms with Crippen LogP contribution in [0.1, 0.15) is 5.69 Å². The monoisotopic (exact) mass is 347 g/mol. The Hall–Kier alpha value is -2.14. The van der Waals surface area contributed by atoms with Crippen LogP contribution >= 0.6 is 10.9 Å². The van der Waals surface area contributed by atoms with Gasteiger partial charge in [0.1, 0.15) is 27.5 Å². The van der Waals surface area contributed by atoms with Gasteiger partial charge in [0.2, 0.25) is 0 Å². The highest BCUT2D eigenvalue weighted by molar-refractivity contribution is 8.19. The summed E-state index contributed by atoms with van der Waals surface area (Å²) in [6, 6.07) is 4.94. The van der Waals surface area contributed by atoms with Crippen molar-refractivity contribution in [1.82, 2.24) is 9.78 Å². The molecule has 0 amide bonds. The summed E-state index contributed by atoms with van der Waals surface area (Å²) < 4.78 is 60.1. The van der Waals surface area contributed by atoms with Crippen LogP contribution < -0.4 is 5.56 Å². The van der Waals surface area contributed by atoms with Crippen molar-refractivity contribution in [2.45, 2.75) is 9.79 Å². The fourth-order valence-corrected chi connectivity index (χ4v) is 2.87. The van der Waals surface area contributed by atoms with Crippen molar-refractivity contribution in [3.05, 3.63) is 40.3 Å². The number of nitrogens with zero attached hydrogens (tertiary/aromatic N) is 2. The summed E-state index contributed by atoms with van der Waals surface area (Å²) in [4.78, 5) is 10.6. The van der Waals surface area contributed by atoms with Crippen LogP contribution in [0.15, 0.2) is 38.9 Å². The topological polar surface area (TPSA) is 177 Å². The zero-order chi connectivity index (χ0) is 16.7. The highest BCUT2D eigenvalue weighted by Crippen LogP contribution is 2.44. The molecule has 118 valence electrons. The van der Waals surface area contributed by atoms with Gasteiger partial charge in [-0.3, -0.25) is 14.4 Å². The van der Waals surface area contributed by atoms with Crippen molar-refractivity contribution < 1.29 is 26.6 Å². The van der Waals surface area contributed by atoms with Gasteiger partial charge in [0.15, 0.2) is 0 Å². The van der Waals surface area contributed by atoms with Gasteiger partial charge in [-0.25, -0.2) is 4.68 Å². The first-order valence-corrected chi connectivity index (χ1v) is 8.33. The normalized spacial score (nSPS) is 12.9. The second kappa shape index (κ2) is 5.25. The van der Waals surface area contributed by atoms with Crippen molar-refractivity contribution in [3.8, 4) is 11.8 Å². The van der Waals surface area contributed by atoms with E-state index >= 15 is 0 Å². The molecule has 12 heteroatoms. The van der Waals surface area contributed by atoms with Gasteiger partial charge in [0.25, 0.3) is 15.7 Å². The summed E-state index contributed by atoms with van der Waals surface area (Å²) in [7, 11) is -8.93. The number of rotatable bonds is 3. The maximum absolute atomic E-state index is 11.8. The lowest BCUT2D eigenvalue weighted by molar-refractivity contribution is 0.375. The molecule has 0 aliphatic rings. The molecule has 22 heavy (non-hydrogen) atoms. The molecular weight excluding hydrogens is 338 g/mol. The van der Waals surface area contributed by atoms with E-state index in [1.165, 1.54) is 0 Å². The molecule has 0 atom stereocenters. The minimum atomic E-state index is -4.76. The molecule has 0 radical (unpaired) electrons. The Bertz CT molecular complexity index is 931. The maximum atomic E-state index is 11.8. The van der Waals surface area contributed by atoms with E-state index in [9.17, 15) is 31.4 Å². The van der Waals surface area contributed by atoms with Crippen LogP contribution in [0.2, 0.25) is 0 Å².